The fourth-order valence-electron chi connectivity index (χ4n) is 2.81. The normalized spacial score (nSPS) is 12.1. The average Bonchev–Trinajstić information content (AvgIpc) is 2.70. The Morgan fingerprint density at radius 2 is 1.58 bits per heavy atom. The molecule has 2 aromatic rings. The molecule has 1 unspecified atom stereocenters. The van der Waals surface area contributed by atoms with E-state index in [-0.39, 0.29) is 25.0 Å². The first-order valence-corrected chi connectivity index (χ1v) is 10.6. The van der Waals surface area contributed by atoms with Gasteiger partial charge in [0.15, 0.2) is 6.61 Å². The van der Waals surface area contributed by atoms with Crippen LogP contribution in [0, 0.1) is 0 Å². The van der Waals surface area contributed by atoms with E-state index in [0.717, 1.165) is 0 Å². The average molecular weight is 467 g/mol. The van der Waals surface area contributed by atoms with E-state index in [4.69, 9.17) is 32.7 Å². The van der Waals surface area contributed by atoms with Gasteiger partial charge in [-0.15, -0.1) is 0 Å². The van der Waals surface area contributed by atoms with Crippen molar-refractivity contribution in [2.45, 2.75) is 45.8 Å². The third-order valence-corrected chi connectivity index (χ3v) is 5.19. The Balaban J connectivity index is 2.22. The number of carbonyl (C=O) groups excluding carboxylic acids is 2. The molecule has 168 valence electrons. The molecule has 0 aliphatic heterocycles. The van der Waals surface area contributed by atoms with E-state index in [9.17, 15) is 9.59 Å². The number of hydrogen-bond donors (Lipinski definition) is 1. The van der Waals surface area contributed by atoms with Crippen LogP contribution in [0.2, 0.25) is 10.0 Å². The van der Waals surface area contributed by atoms with Gasteiger partial charge in [0.1, 0.15) is 17.5 Å². The van der Waals surface area contributed by atoms with Gasteiger partial charge < -0.3 is 19.7 Å². The summed E-state index contributed by atoms with van der Waals surface area (Å²) in [6.45, 7) is 7.12. The van der Waals surface area contributed by atoms with Gasteiger partial charge in [0, 0.05) is 27.7 Å². The number of nitrogens with zero attached hydrogens (tertiary/aromatic N) is 1. The molecule has 1 atom stereocenters. The Labute approximate surface area is 193 Å². The molecule has 8 heteroatoms. The van der Waals surface area contributed by atoms with Crippen LogP contribution in [0.25, 0.3) is 0 Å². The standard InChI is InChI=1S/C23H28Cl2N2O4/c1-15(22(29)26-23(2,3)4)27(13-18-19(24)7-6-8-20(18)25)21(28)14-31-17-11-9-16(30-5)10-12-17/h6-12,15H,13-14H2,1-5H3,(H,26,29). The van der Waals surface area contributed by atoms with Gasteiger partial charge in [-0.05, 0) is 64.1 Å². The number of methoxy groups -OCH3 is 1. The first kappa shape index (κ1) is 24.8. The zero-order valence-electron chi connectivity index (χ0n) is 18.4. The number of benzene rings is 2. The maximum atomic E-state index is 13.1. The second kappa shape index (κ2) is 10.7. The van der Waals surface area contributed by atoms with Gasteiger partial charge in [0.2, 0.25) is 5.91 Å². The highest BCUT2D eigenvalue weighted by Crippen LogP contribution is 2.27. The molecule has 2 aromatic carbocycles. The van der Waals surface area contributed by atoms with Gasteiger partial charge >= 0.3 is 0 Å². The first-order valence-electron chi connectivity index (χ1n) is 9.83. The molecule has 0 radical (unpaired) electrons. The molecule has 0 saturated heterocycles. The Morgan fingerprint density at radius 1 is 1.03 bits per heavy atom. The maximum absolute atomic E-state index is 13.1. The number of rotatable bonds is 8. The second-order valence-electron chi connectivity index (χ2n) is 8.10. The summed E-state index contributed by atoms with van der Waals surface area (Å²) in [6, 6.07) is 11.2. The van der Waals surface area contributed by atoms with Crippen LogP contribution in [-0.4, -0.2) is 42.0 Å². The van der Waals surface area contributed by atoms with Crippen molar-refractivity contribution in [2.24, 2.45) is 0 Å². The molecule has 0 aliphatic rings. The van der Waals surface area contributed by atoms with Gasteiger partial charge in [0.25, 0.3) is 5.91 Å². The van der Waals surface area contributed by atoms with Crippen LogP contribution in [0.3, 0.4) is 0 Å². The third kappa shape index (κ3) is 7.33. The summed E-state index contributed by atoms with van der Waals surface area (Å²) >= 11 is 12.6. The van der Waals surface area contributed by atoms with Crippen LogP contribution in [0.5, 0.6) is 11.5 Å². The second-order valence-corrected chi connectivity index (χ2v) is 8.92. The summed E-state index contributed by atoms with van der Waals surface area (Å²) in [6.07, 6.45) is 0. The molecule has 0 saturated carbocycles. The van der Waals surface area contributed by atoms with E-state index < -0.39 is 11.6 Å². The first-order chi connectivity index (χ1) is 14.5. The monoisotopic (exact) mass is 466 g/mol. The fourth-order valence-corrected chi connectivity index (χ4v) is 3.33. The number of ether oxygens (including phenoxy) is 2. The molecule has 0 bridgehead atoms. The van der Waals surface area contributed by atoms with Crippen molar-refractivity contribution in [3.05, 3.63) is 58.1 Å². The lowest BCUT2D eigenvalue weighted by Gasteiger charge is -2.31. The minimum Gasteiger partial charge on any atom is -0.497 e. The van der Waals surface area contributed by atoms with Crippen molar-refractivity contribution in [2.75, 3.05) is 13.7 Å². The molecular formula is C23H28Cl2N2O4. The molecular weight excluding hydrogens is 439 g/mol. The van der Waals surface area contributed by atoms with Gasteiger partial charge in [-0.3, -0.25) is 9.59 Å². The predicted octanol–water partition coefficient (Wildman–Crippen LogP) is 4.71. The van der Waals surface area contributed by atoms with E-state index in [1.165, 1.54) is 4.90 Å². The third-order valence-electron chi connectivity index (χ3n) is 4.48. The summed E-state index contributed by atoms with van der Waals surface area (Å²) in [5.41, 5.74) is 0.126. The van der Waals surface area contributed by atoms with Crippen LogP contribution in [-0.2, 0) is 16.1 Å². The molecule has 0 heterocycles. The Hall–Kier alpha value is -2.44. The van der Waals surface area contributed by atoms with Crippen molar-refractivity contribution in [1.82, 2.24) is 10.2 Å². The molecule has 0 fully saturated rings. The summed E-state index contributed by atoms with van der Waals surface area (Å²) in [5, 5.41) is 3.74. The summed E-state index contributed by atoms with van der Waals surface area (Å²) in [5.74, 6) is 0.537. The van der Waals surface area contributed by atoms with Crippen LogP contribution < -0.4 is 14.8 Å². The molecule has 1 N–H and O–H groups in total. The lowest BCUT2D eigenvalue weighted by molar-refractivity contribution is -0.142. The Morgan fingerprint density at radius 3 is 2.10 bits per heavy atom. The van der Waals surface area contributed by atoms with Gasteiger partial charge in [0.05, 0.1) is 7.11 Å². The lowest BCUT2D eigenvalue weighted by Crippen LogP contribution is -2.53. The van der Waals surface area contributed by atoms with Crippen LogP contribution >= 0.6 is 23.2 Å². The summed E-state index contributed by atoms with van der Waals surface area (Å²) in [7, 11) is 1.57. The van der Waals surface area contributed by atoms with E-state index >= 15 is 0 Å². The zero-order chi connectivity index (χ0) is 23.2. The van der Waals surface area contributed by atoms with Crippen LogP contribution in [0.15, 0.2) is 42.5 Å². The minimum absolute atomic E-state index is 0.0715. The van der Waals surface area contributed by atoms with Gasteiger partial charge in [-0.2, -0.15) is 0 Å². The van der Waals surface area contributed by atoms with E-state index in [1.807, 2.05) is 20.8 Å². The van der Waals surface area contributed by atoms with Crippen molar-refractivity contribution in [3.63, 3.8) is 0 Å². The van der Waals surface area contributed by atoms with Crippen molar-refractivity contribution < 1.29 is 19.1 Å². The summed E-state index contributed by atoms with van der Waals surface area (Å²) < 4.78 is 10.8. The van der Waals surface area contributed by atoms with E-state index in [1.54, 1.807) is 56.5 Å². The number of amides is 2. The van der Waals surface area contributed by atoms with Gasteiger partial charge in [-0.1, -0.05) is 29.3 Å². The molecule has 31 heavy (non-hydrogen) atoms. The SMILES string of the molecule is COc1ccc(OCC(=O)N(Cc2c(Cl)cccc2Cl)C(C)C(=O)NC(C)(C)C)cc1. The van der Waals surface area contributed by atoms with E-state index in [2.05, 4.69) is 5.32 Å². The number of nitrogens with one attached hydrogen (secondary N) is 1. The smallest absolute Gasteiger partial charge is 0.261 e. The number of halogens is 2. The number of carbonyl (C=O) groups is 2. The molecule has 2 rings (SSSR count). The topological polar surface area (TPSA) is 67.9 Å². The summed E-state index contributed by atoms with van der Waals surface area (Å²) in [4.78, 5) is 27.3. The Bertz CT molecular complexity index is 891. The molecule has 0 aliphatic carbocycles. The zero-order valence-corrected chi connectivity index (χ0v) is 19.9. The molecule has 2 amide bonds. The minimum atomic E-state index is -0.765. The molecule has 0 aromatic heterocycles. The van der Waals surface area contributed by atoms with E-state index in [0.29, 0.717) is 27.1 Å². The lowest BCUT2D eigenvalue weighted by atomic mass is 10.1. The highest BCUT2D eigenvalue weighted by Gasteiger charge is 2.29. The van der Waals surface area contributed by atoms with Crippen LogP contribution in [0.4, 0.5) is 0 Å². The maximum Gasteiger partial charge on any atom is 0.261 e. The highest BCUT2D eigenvalue weighted by atomic mass is 35.5. The molecule has 6 nitrogen and oxygen atoms in total. The highest BCUT2D eigenvalue weighted by molar-refractivity contribution is 6.36. The predicted molar refractivity (Wildman–Crippen MR) is 123 cm³/mol. The van der Waals surface area contributed by atoms with Crippen molar-refractivity contribution in [1.29, 1.82) is 0 Å². The molecule has 0 spiro atoms. The fraction of sp³-hybridized carbons (Fsp3) is 0.391. The van der Waals surface area contributed by atoms with Crippen LogP contribution in [0.1, 0.15) is 33.3 Å². The van der Waals surface area contributed by atoms with Gasteiger partial charge in [-0.25, -0.2) is 0 Å². The Kier molecular flexibility index (Phi) is 8.60. The van der Waals surface area contributed by atoms with Crippen molar-refractivity contribution in [3.8, 4) is 11.5 Å². The largest absolute Gasteiger partial charge is 0.497 e. The van der Waals surface area contributed by atoms with Crippen molar-refractivity contribution >= 4 is 35.0 Å². The number of hydrogen-bond acceptors (Lipinski definition) is 4. The quantitative estimate of drug-likeness (QED) is 0.611.